The van der Waals surface area contributed by atoms with E-state index in [4.69, 9.17) is 0 Å². The largest absolute Gasteiger partial charge is 0.0776 e. The summed E-state index contributed by atoms with van der Waals surface area (Å²) in [5.74, 6) is 0.503. The van der Waals surface area contributed by atoms with Crippen molar-refractivity contribution in [2.45, 2.75) is 82.6 Å². The van der Waals surface area contributed by atoms with E-state index < -0.39 is 0 Å². The van der Waals surface area contributed by atoms with Crippen LogP contribution in [0.2, 0.25) is 0 Å². The molecule has 0 aromatic rings. The molecule has 0 nitrogen and oxygen atoms in total. The highest BCUT2D eigenvalue weighted by Gasteiger charge is 2.58. The molecule has 0 heteroatoms. The van der Waals surface area contributed by atoms with Gasteiger partial charge in [0.1, 0.15) is 0 Å². The van der Waals surface area contributed by atoms with Crippen molar-refractivity contribution in [2.75, 3.05) is 0 Å². The molecule has 0 aliphatic heterocycles. The topological polar surface area (TPSA) is 0 Å². The van der Waals surface area contributed by atoms with E-state index in [0.29, 0.717) is 5.92 Å². The molecule has 0 N–H and O–H groups in total. The van der Waals surface area contributed by atoms with E-state index >= 15 is 0 Å². The van der Waals surface area contributed by atoms with Gasteiger partial charge in [0.2, 0.25) is 0 Å². The summed E-state index contributed by atoms with van der Waals surface area (Å²) >= 11 is 0. The molecule has 0 radical (unpaired) electrons. The smallest absolute Gasteiger partial charge is 0.0315 e. The monoisotopic (exact) mass is 492 g/mol. The van der Waals surface area contributed by atoms with Crippen molar-refractivity contribution in [1.82, 2.24) is 0 Å². The summed E-state index contributed by atoms with van der Waals surface area (Å²) in [4.78, 5) is 0. The first-order chi connectivity index (χ1) is 17.3. The molecule has 0 spiro atoms. The Hall–Kier alpha value is -2.60. The minimum absolute atomic E-state index is 0.0854. The lowest BCUT2D eigenvalue weighted by Gasteiger charge is -2.58. The summed E-state index contributed by atoms with van der Waals surface area (Å²) in [5.41, 5.74) is 11.3. The van der Waals surface area contributed by atoms with Gasteiger partial charge in [-0.3, -0.25) is 0 Å². The van der Waals surface area contributed by atoms with Crippen molar-refractivity contribution in [3.05, 3.63) is 117 Å². The van der Waals surface area contributed by atoms with Gasteiger partial charge in [-0.25, -0.2) is 0 Å². The maximum absolute atomic E-state index is 2.53. The van der Waals surface area contributed by atoms with Crippen LogP contribution in [-0.2, 0) is 0 Å². The molecule has 0 bridgehead atoms. The zero-order valence-electron chi connectivity index (χ0n) is 25.2. The van der Waals surface area contributed by atoms with Gasteiger partial charge >= 0.3 is 0 Å². The Labute approximate surface area is 227 Å². The lowest BCUT2D eigenvalue weighted by atomic mass is 9.44. The quantitative estimate of drug-likeness (QED) is 0.359. The molecule has 3 unspecified atom stereocenters. The Morgan fingerprint density at radius 1 is 0.676 bits per heavy atom. The first-order valence-electron chi connectivity index (χ1n) is 14.4. The average Bonchev–Trinajstić information content (AvgIpc) is 3.08. The summed E-state index contributed by atoms with van der Waals surface area (Å²) in [6, 6.07) is 0. The van der Waals surface area contributed by atoms with Gasteiger partial charge < -0.3 is 0 Å². The van der Waals surface area contributed by atoms with Gasteiger partial charge in [0, 0.05) is 10.8 Å². The van der Waals surface area contributed by atoms with Crippen LogP contribution in [0.15, 0.2) is 117 Å². The van der Waals surface area contributed by atoms with Gasteiger partial charge in [-0.2, -0.15) is 0 Å². The zero-order valence-corrected chi connectivity index (χ0v) is 25.2. The zero-order chi connectivity index (χ0) is 27.4. The third-order valence-corrected chi connectivity index (χ3v) is 9.21. The Morgan fingerprint density at radius 3 is 1.81 bits per heavy atom. The van der Waals surface area contributed by atoms with Crippen molar-refractivity contribution in [1.29, 1.82) is 0 Å². The number of rotatable bonds is 2. The molecule has 0 fully saturated rings. The van der Waals surface area contributed by atoms with Gasteiger partial charge in [-0.1, -0.05) is 143 Å². The van der Waals surface area contributed by atoms with Crippen molar-refractivity contribution >= 4 is 0 Å². The van der Waals surface area contributed by atoms with Crippen LogP contribution in [0.5, 0.6) is 0 Å². The van der Waals surface area contributed by atoms with Crippen LogP contribution >= 0.6 is 0 Å². The van der Waals surface area contributed by atoms with E-state index in [1.54, 1.807) is 0 Å². The highest BCUT2D eigenvalue weighted by atomic mass is 14.6. The molecule has 5 aliphatic rings. The van der Waals surface area contributed by atoms with Crippen LogP contribution in [0.25, 0.3) is 0 Å². The third kappa shape index (κ3) is 4.21. The lowest BCUT2D eigenvalue weighted by molar-refractivity contribution is 0.243. The van der Waals surface area contributed by atoms with Gasteiger partial charge in [-0.15, -0.1) is 0 Å². The second-order valence-corrected chi connectivity index (χ2v) is 13.3. The minimum Gasteiger partial charge on any atom is -0.0776 e. The molecule has 0 amide bonds. The van der Waals surface area contributed by atoms with Gasteiger partial charge in [-0.05, 0) is 73.8 Å². The highest BCUT2D eigenvalue weighted by molar-refractivity contribution is 5.73. The van der Waals surface area contributed by atoms with Crippen LogP contribution in [-0.4, -0.2) is 0 Å². The Bertz CT molecular complexity index is 1290. The molecule has 0 heterocycles. The predicted molar refractivity (Wildman–Crippen MR) is 163 cm³/mol. The Balaban J connectivity index is 0.00000156. The summed E-state index contributed by atoms with van der Waals surface area (Å²) in [7, 11) is 0. The second-order valence-electron chi connectivity index (χ2n) is 13.3. The van der Waals surface area contributed by atoms with E-state index in [-0.39, 0.29) is 21.7 Å². The molecule has 196 valence electrons. The van der Waals surface area contributed by atoms with Gasteiger partial charge in [0.15, 0.2) is 0 Å². The summed E-state index contributed by atoms with van der Waals surface area (Å²) in [6.07, 6.45) is 30.1. The highest BCUT2D eigenvalue weighted by Crippen LogP contribution is 2.67. The van der Waals surface area contributed by atoms with Crippen LogP contribution in [0, 0.1) is 27.6 Å². The Morgan fingerprint density at radius 2 is 1.24 bits per heavy atom. The molecule has 5 rings (SSSR count). The molecular weight excluding hydrogens is 444 g/mol. The fraction of sp³-hybridized carbons (Fsp3) is 0.459. The molecule has 0 saturated heterocycles. The van der Waals surface area contributed by atoms with Crippen molar-refractivity contribution in [3.8, 4) is 0 Å². The number of allylic oxidation sites excluding steroid dienone is 20. The van der Waals surface area contributed by atoms with E-state index in [9.17, 15) is 0 Å². The molecular formula is C37H48. The van der Waals surface area contributed by atoms with Crippen LogP contribution in [0.4, 0.5) is 0 Å². The lowest BCUT2D eigenvalue weighted by Crippen LogP contribution is -2.48. The molecule has 0 aromatic heterocycles. The second kappa shape index (κ2) is 9.30. The van der Waals surface area contributed by atoms with Crippen LogP contribution < -0.4 is 0 Å². The minimum atomic E-state index is -0.115. The Kier molecular flexibility index (Phi) is 6.90. The molecule has 5 aliphatic carbocycles. The summed E-state index contributed by atoms with van der Waals surface area (Å²) in [5, 5.41) is 0. The normalized spacial score (nSPS) is 30.1. The molecule has 0 saturated carbocycles. The van der Waals surface area contributed by atoms with E-state index in [1.165, 1.54) is 44.6 Å². The van der Waals surface area contributed by atoms with E-state index in [1.807, 2.05) is 13.8 Å². The maximum atomic E-state index is 2.53. The number of hydrogen-bond donors (Lipinski definition) is 0. The van der Waals surface area contributed by atoms with E-state index in [0.717, 1.165) is 6.42 Å². The number of hydrogen-bond acceptors (Lipinski definition) is 0. The molecule has 3 atom stereocenters. The first kappa shape index (κ1) is 27.4. The first-order valence-corrected chi connectivity index (χ1v) is 14.4. The predicted octanol–water partition coefficient (Wildman–Crippen LogP) is 10.7. The fourth-order valence-corrected chi connectivity index (χ4v) is 6.36. The SMILES string of the molecule is CC.CCC1C=CC=C(C2=C3C=C(C(C)(C)C)C=C4C=CC5=CC(C(C)(C)C)=CC(=C2)C5(C)C43C)C=C1. The van der Waals surface area contributed by atoms with Gasteiger partial charge in [0.05, 0.1) is 0 Å². The van der Waals surface area contributed by atoms with Gasteiger partial charge in [0.25, 0.3) is 0 Å². The summed E-state index contributed by atoms with van der Waals surface area (Å²) in [6.45, 7) is 25.2. The molecule has 0 aromatic carbocycles. The third-order valence-electron chi connectivity index (χ3n) is 9.21. The fourth-order valence-electron chi connectivity index (χ4n) is 6.36. The van der Waals surface area contributed by atoms with Crippen LogP contribution in [0.3, 0.4) is 0 Å². The molecule has 37 heavy (non-hydrogen) atoms. The van der Waals surface area contributed by atoms with Crippen molar-refractivity contribution < 1.29 is 0 Å². The van der Waals surface area contributed by atoms with Crippen molar-refractivity contribution in [2.24, 2.45) is 27.6 Å². The standard InChI is InChI=1S/C35H42.C2H6/c1-10-23-12-11-13-24(15-14-23)30-21-29-20-27(32(2,3)4)18-25-16-17-26-19-28(33(5,6)7)22-31(30)35(26,9)34(25,29)8;1-2/h11-23H,10H2,1-9H3;1-2H3. The summed E-state index contributed by atoms with van der Waals surface area (Å²) < 4.78 is 0. The maximum Gasteiger partial charge on any atom is 0.0315 e. The van der Waals surface area contributed by atoms with Crippen molar-refractivity contribution in [3.63, 3.8) is 0 Å². The average molecular weight is 493 g/mol. The van der Waals surface area contributed by atoms with Crippen LogP contribution in [0.1, 0.15) is 82.6 Å². The van der Waals surface area contributed by atoms with E-state index in [2.05, 4.69) is 135 Å².